The Kier molecular flexibility index (Phi) is 8.04. The first-order valence-electron chi connectivity index (χ1n) is 9.84. The molecule has 3 atom stereocenters. The Morgan fingerprint density at radius 3 is 2.39 bits per heavy atom. The molecule has 0 spiro atoms. The van der Waals surface area contributed by atoms with E-state index in [9.17, 15) is 18.7 Å². The van der Waals surface area contributed by atoms with Crippen LogP contribution in [0.4, 0.5) is 10.1 Å². The highest BCUT2D eigenvalue weighted by atomic mass is 32.2. The van der Waals surface area contributed by atoms with Gasteiger partial charge in [-0.1, -0.05) is 37.3 Å². The summed E-state index contributed by atoms with van der Waals surface area (Å²) < 4.78 is 33.2. The van der Waals surface area contributed by atoms with E-state index in [1.807, 2.05) is 57.2 Å². The summed E-state index contributed by atoms with van der Waals surface area (Å²) in [6.07, 6.45) is -0.389. The highest BCUT2D eigenvalue weighted by molar-refractivity contribution is 7.86. The summed E-state index contributed by atoms with van der Waals surface area (Å²) in [5.41, 5.74) is -0.389. The van der Waals surface area contributed by atoms with Crippen molar-refractivity contribution in [3.05, 3.63) is 75.6 Å². The molecule has 0 unspecified atom stereocenters. The summed E-state index contributed by atoms with van der Waals surface area (Å²) in [5.74, 6) is -0.528. The van der Waals surface area contributed by atoms with Crippen molar-refractivity contribution in [2.75, 3.05) is 12.4 Å². The van der Waals surface area contributed by atoms with Gasteiger partial charge in [0.25, 0.3) is 5.69 Å². The van der Waals surface area contributed by atoms with Gasteiger partial charge in [0.1, 0.15) is 12.4 Å². The summed E-state index contributed by atoms with van der Waals surface area (Å²) in [4.78, 5) is 10.7. The van der Waals surface area contributed by atoms with Crippen molar-refractivity contribution in [2.45, 2.75) is 50.4 Å². The maximum Gasteiger partial charge on any atom is 0.269 e. The number of benzene rings is 2. The zero-order valence-corrected chi connectivity index (χ0v) is 18.9. The smallest absolute Gasteiger partial charge is 0.269 e. The minimum Gasteiger partial charge on any atom is -0.359 e. The number of hydrogen-bond acceptors (Lipinski definition) is 5. The minimum atomic E-state index is -1.37. The van der Waals surface area contributed by atoms with E-state index in [1.54, 1.807) is 6.92 Å². The highest BCUT2D eigenvalue weighted by Crippen LogP contribution is 2.40. The molecule has 31 heavy (non-hydrogen) atoms. The molecule has 2 rings (SSSR count). The Labute approximate surface area is 184 Å². The van der Waals surface area contributed by atoms with Gasteiger partial charge in [-0.15, -0.1) is 0 Å². The van der Waals surface area contributed by atoms with Crippen molar-refractivity contribution < 1.29 is 18.3 Å². The van der Waals surface area contributed by atoms with Crippen LogP contribution in [0, 0.1) is 27.3 Å². The summed E-state index contributed by atoms with van der Waals surface area (Å²) in [7, 11) is -1.37. The normalized spacial score (nSPS) is 15.5. The second-order valence-electron chi connectivity index (χ2n) is 8.66. The zero-order chi connectivity index (χ0) is 23.2. The van der Waals surface area contributed by atoms with Gasteiger partial charge in [-0.2, -0.15) is 5.26 Å². The lowest BCUT2D eigenvalue weighted by Gasteiger charge is -2.35. The Bertz CT molecular complexity index is 985. The van der Waals surface area contributed by atoms with Crippen LogP contribution in [-0.4, -0.2) is 26.2 Å². The molecule has 0 fully saturated rings. The average Bonchev–Trinajstić information content (AvgIpc) is 2.71. The van der Waals surface area contributed by atoms with Gasteiger partial charge >= 0.3 is 0 Å². The second-order valence-corrected chi connectivity index (χ2v) is 10.9. The predicted octanol–water partition coefficient (Wildman–Crippen LogP) is 5.21. The molecule has 8 heteroatoms. The maximum atomic E-state index is 15.0. The molecule has 0 aliphatic carbocycles. The third-order valence-electron chi connectivity index (χ3n) is 5.10. The van der Waals surface area contributed by atoms with Crippen molar-refractivity contribution in [3.8, 4) is 6.07 Å². The number of rotatable bonds is 9. The number of halogens is 1. The zero-order valence-electron chi connectivity index (χ0n) is 18.1. The second kappa shape index (κ2) is 10.1. The molecule has 0 amide bonds. The molecule has 0 saturated heterocycles. The fourth-order valence-corrected chi connectivity index (χ4v) is 4.61. The first-order chi connectivity index (χ1) is 14.5. The molecule has 0 aliphatic heterocycles. The first kappa shape index (κ1) is 24.6. The van der Waals surface area contributed by atoms with Gasteiger partial charge in [0.05, 0.1) is 17.1 Å². The summed E-state index contributed by atoms with van der Waals surface area (Å²) in [6, 6.07) is 14.5. The monoisotopic (exact) mass is 446 g/mol. The molecule has 0 saturated carbocycles. The van der Waals surface area contributed by atoms with Gasteiger partial charge in [0.2, 0.25) is 0 Å². The van der Waals surface area contributed by atoms with Crippen LogP contribution in [0.15, 0.2) is 48.5 Å². The van der Waals surface area contributed by atoms with Crippen LogP contribution in [0.5, 0.6) is 0 Å². The number of ether oxygens (including phenoxy) is 1. The molecule has 0 radical (unpaired) electrons. The van der Waals surface area contributed by atoms with E-state index in [4.69, 9.17) is 10.00 Å². The molecular weight excluding hydrogens is 419 g/mol. The third kappa shape index (κ3) is 6.42. The molecule has 0 N–H and O–H groups in total. The van der Waals surface area contributed by atoms with Crippen molar-refractivity contribution in [3.63, 3.8) is 0 Å². The summed E-state index contributed by atoms with van der Waals surface area (Å²) in [5, 5.41) is 20.3. The maximum absolute atomic E-state index is 15.0. The SMILES string of the molecule is CC(C)(C)[S@](=O)C[C@@](C)(C[C@H](OCC#N)c1ccccc1)c1cc([N+](=O)[O-])ccc1F. The molecule has 0 aliphatic rings. The molecule has 0 aromatic heterocycles. The van der Waals surface area contributed by atoms with Gasteiger partial charge in [0, 0.05) is 44.4 Å². The number of nitrogens with zero attached hydrogens (tertiary/aromatic N) is 2. The Morgan fingerprint density at radius 2 is 1.84 bits per heavy atom. The Balaban J connectivity index is 2.58. The molecule has 2 aromatic carbocycles. The standard InChI is InChI=1S/C23H27FN2O4S/c1-22(2,3)31(29)16-23(4,19-14-18(26(27)28)10-11-20(19)24)15-21(30-13-12-25)17-8-6-5-7-9-17/h5-11,14,21H,13,15-16H2,1-4H3/t21-,23+,31+/m0/s1. The molecular formula is C23H27FN2O4S. The van der Waals surface area contributed by atoms with Gasteiger partial charge in [-0.05, 0) is 38.8 Å². The minimum absolute atomic E-state index is 0.0772. The van der Waals surface area contributed by atoms with Gasteiger partial charge in [-0.3, -0.25) is 14.3 Å². The lowest BCUT2D eigenvalue weighted by Crippen LogP contribution is -2.38. The van der Waals surface area contributed by atoms with E-state index >= 15 is 0 Å². The molecule has 166 valence electrons. The first-order valence-corrected chi connectivity index (χ1v) is 11.2. The van der Waals surface area contributed by atoms with Gasteiger partial charge < -0.3 is 4.74 Å². The number of hydrogen-bond donors (Lipinski definition) is 0. The fraction of sp³-hybridized carbons (Fsp3) is 0.435. The molecule has 6 nitrogen and oxygen atoms in total. The number of nitro benzene ring substituents is 1. The number of nitro groups is 1. The molecule has 2 aromatic rings. The van der Waals surface area contributed by atoms with Crippen LogP contribution in [-0.2, 0) is 21.0 Å². The van der Waals surface area contributed by atoms with Crippen molar-refractivity contribution in [2.24, 2.45) is 0 Å². The largest absolute Gasteiger partial charge is 0.359 e. The molecule has 0 bridgehead atoms. The highest BCUT2D eigenvalue weighted by Gasteiger charge is 2.38. The van der Waals surface area contributed by atoms with Crippen LogP contribution in [0.1, 0.15) is 51.3 Å². The molecule has 0 heterocycles. The topological polar surface area (TPSA) is 93.2 Å². The van der Waals surface area contributed by atoms with Gasteiger partial charge in [-0.25, -0.2) is 4.39 Å². The van der Waals surface area contributed by atoms with Crippen LogP contribution in [0.3, 0.4) is 0 Å². The Morgan fingerprint density at radius 1 is 1.19 bits per heavy atom. The van der Waals surface area contributed by atoms with Crippen molar-refractivity contribution in [1.82, 2.24) is 0 Å². The third-order valence-corrected chi connectivity index (χ3v) is 7.37. The van der Waals surface area contributed by atoms with Crippen molar-refractivity contribution >= 4 is 16.5 Å². The van der Waals surface area contributed by atoms with E-state index in [1.165, 1.54) is 6.07 Å². The summed E-state index contributed by atoms with van der Waals surface area (Å²) >= 11 is 0. The van der Waals surface area contributed by atoms with E-state index in [2.05, 4.69) is 0 Å². The van der Waals surface area contributed by atoms with E-state index in [0.29, 0.717) is 0 Å². The Hall–Kier alpha value is -2.63. The lowest BCUT2D eigenvalue weighted by molar-refractivity contribution is -0.385. The summed E-state index contributed by atoms with van der Waals surface area (Å²) in [6.45, 7) is 7.05. The van der Waals surface area contributed by atoms with E-state index in [0.717, 1.165) is 17.7 Å². The van der Waals surface area contributed by atoms with Crippen LogP contribution < -0.4 is 0 Å². The lowest BCUT2D eigenvalue weighted by atomic mass is 9.77. The average molecular weight is 447 g/mol. The van der Waals surface area contributed by atoms with Crippen LogP contribution in [0.25, 0.3) is 0 Å². The quantitative estimate of drug-likeness (QED) is 0.389. The van der Waals surface area contributed by atoms with Crippen LogP contribution in [0.2, 0.25) is 0 Å². The fourth-order valence-electron chi connectivity index (χ4n) is 3.33. The van der Waals surface area contributed by atoms with E-state index in [-0.39, 0.29) is 30.0 Å². The van der Waals surface area contributed by atoms with E-state index < -0.39 is 37.8 Å². The number of nitriles is 1. The van der Waals surface area contributed by atoms with Crippen LogP contribution >= 0.6 is 0 Å². The predicted molar refractivity (Wildman–Crippen MR) is 119 cm³/mol. The van der Waals surface area contributed by atoms with Crippen molar-refractivity contribution in [1.29, 1.82) is 5.26 Å². The number of non-ortho nitro benzene ring substituents is 1. The van der Waals surface area contributed by atoms with Gasteiger partial charge in [0.15, 0.2) is 0 Å².